The van der Waals surface area contributed by atoms with Gasteiger partial charge in [-0.3, -0.25) is 0 Å². The van der Waals surface area contributed by atoms with Crippen molar-refractivity contribution in [3.05, 3.63) is 18.3 Å². The Balaban J connectivity index is 1.97. The minimum absolute atomic E-state index is 0.143. The van der Waals surface area contributed by atoms with Crippen LogP contribution in [0.5, 0.6) is 5.88 Å². The van der Waals surface area contributed by atoms with E-state index >= 15 is 0 Å². The monoisotopic (exact) mass is 293 g/mol. The van der Waals surface area contributed by atoms with Crippen LogP contribution in [0.25, 0.3) is 0 Å². The number of methoxy groups -OCH3 is 1. The minimum Gasteiger partial charge on any atom is -0.481 e. The van der Waals surface area contributed by atoms with Crippen molar-refractivity contribution < 1.29 is 4.74 Å². The van der Waals surface area contributed by atoms with E-state index in [1.165, 1.54) is 25.7 Å². The summed E-state index contributed by atoms with van der Waals surface area (Å²) in [6.45, 7) is 4.52. The average molecular weight is 293 g/mol. The van der Waals surface area contributed by atoms with Gasteiger partial charge in [0, 0.05) is 11.6 Å². The third-order valence-corrected chi connectivity index (χ3v) is 4.37. The highest BCUT2D eigenvalue weighted by atomic mass is 32.1. The van der Waals surface area contributed by atoms with Gasteiger partial charge in [-0.25, -0.2) is 4.98 Å². The number of pyridine rings is 1. The predicted molar refractivity (Wildman–Crippen MR) is 86.2 cm³/mol. The lowest BCUT2D eigenvalue weighted by Gasteiger charge is -2.35. The highest BCUT2D eigenvalue weighted by Gasteiger charge is 2.37. The number of thiocarbonyl (C=S) groups is 1. The summed E-state index contributed by atoms with van der Waals surface area (Å²) in [7, 11) is 1.61. The van der Waals surface area contributed by atoms with Gasteiger partial charge >= 0.3 is 0 Å². The second-order valence-corrected chi connectivity index (χ2v) is 6.09. The molecule has 0 unspecified atom stereocenters. The smallest absolute Gasteiger partial charge is 0.213 e. The fourth-order valence-electron chi connectivity index (χ4n) is 2.82. The van der Waals surface area contributed by atoms with Crippen molar-refractivity contribution >= 4 is 23.0 Å². The van der Waals surface area contributed by atoms with E-state index in [9.17, 15) is 0 Å². The Morgan fingerprint density at radius 1 is 1.35 bits per heavy atom. The molecule has 0 bridgehead atoms. The molecule has 5 heteroatoms. The molecule has 110 valence electrons. The van der Waals surface area contributed by atoms with Gasteiger partial charge in [-0.15, -0.1) is 0 Å². The van der Waals surface area contributed by atoms with Crippen molar-refractivity contribution in [1.29, 1.82) is 0 Å². The van der Waals surface area contributed by atoms with Gasteiger partial charge in [0.1, 0.15) is 0 Å². The summed E-state index contributed by atoms with van der Waals surface area (Å²) in [5.41, 5.74) is 1.02. The van der Waals surface area contributed by atoms with Crippen molar-refractivity contribution in [2.75, 3.05) is 12.4 Å². The van der Waals surface area contributed by atoms with Gasteiger partial charge in [0.25, 0.3) is 0 Å². The second kappa shape index (κ2) is 6.39. The summed E-state index contributed by atoms with van der Waals surface area (Å²) >= 11 is 5.44. The number of nitrogens with zero attached hydrogens (tertiary/aromatic N) is 1. The molecule has 0 atom stereocenters. The van der Waals surface area contributed by atoms with E-state index in [0.29, 0.717) is 16.9 Å². The summed E-state index contributed by atoms with van der Waals surface area (Å²) in [6, 6.07) is 3.73. The number of rotatable bonds is 4. The van der Waals surface area contributed by atoms with Crippen LogP contribution in [0.2, 0.25) is 0 Å². The van der Waals surface area contributed by atoms with Gasteiger partial charge in [0.05, 0.1) is 19.0 Å². The molecular weight excluding hydrogens is 270 g/mol. The molecular formula is C15H23N3OS. The minimum atomic E-state index is 0.143. The summed E-state index contributed by atoms with van der Waals surface area (Å²) in [4.78, 5) is 4.16. The van der Waals surface area contributed by atoms with Crippen molar-refractivity contribution in [3.8, 4) is 5.88 Å². The standard InChI is InChI=1S/C15H23N3OS/c1-11(2)15(8-4-5-9-15)18-14(20)17-12-6-7-13(19-3)16-10-12/h6-7,10-11H,4-5,8-9H2,1-3H3,(H2,17,18,20). The van der Waals surface area contributed by atoms with Crippen LogP contribution < -0.4 is 15.4 Å². The molecule has 0 spiro atoms. The molecule has 4 nitrogen and oxygen atoms in total. The maximum absolute atomic E-state index is 5.44. The molecule has 0 amide bonds. The highest BCUT2D eigenvalue weighted by Crippen LogP contribution is 2.35. The molecule has 0 radical (unpaired) electrons. The normalized spacial score (nSPS) is 17.0. The van der Waals surface area contributed by atoms with Gasteiger partial charge in [-0.1, -0.05) is 26.7 Å². The maximum atomic E-state index is 5.44. The highest BCUT2D eigenvalue weighted by molar-refractivity contribution is 7.80. The average Bonchev–Trinajstić information content (AvgIpc) is 2.89. The first-order chi connectivity index (χ1) is 9.55. The first-order valence-electron chi connectivity index (χ1n) is 7.15. The van der Waals surface area contributed by atoms with Crippen LogP contribution in [0.15, 0.2) is 18.3 Å². The topological polar surface area (TPSA) is 46.2 Å². The third kappa shape index (κ3) is 3.39. The van der Waals surface area contributed by atoms with Crippen molar-refractivity contribution in [2.45, 2.75) is 45.1 Å². The zero-order chi connectivity index (χ0) is 14.6. The number of ether oxygens (including phenoxy) is 1. The molecule has 1 saturated carbocycles. The molecule has 2 rings (SSSR count). The molecule has 0 aliphatic heterocycles. The van der Waals surface area contributed by atoms with Crippen LogP contribution >= 0.6 is 12.2 Å². The van der Waals surface area contributed by atoms with Crippen LogP contribution in [0, 0.1) is 5.92 Å². The third-order valence-electron chi connectivity index (χ3n) is 4.17. The summed E-state index contributed by atoms with van der Waals surface area (Å²) in [5, 5.41) is 7.41. The number of nitrogens with one attached hydrogen (secondary N) is 2. The van der Waals surface area contributed by atoms with Crippen molar-refractivity contribution in [3.63, 3.8) is 0 Å². The number of hydrogen-bond acceptors (Lipinski definition) is 3. The molecule has 2 N–H and O–H groups in total. The number of aromatic nitrogens is 1. The second-order valence-electron chi connectivity index (χ2n) is 5.69. The Morgan fingerprint density at radius 2 is 2.05 bits per heavy atom. The maximum Gasteiger partial charge on any atom is 0.213 e. The fourth-order valence-corrected chi connectivity index (χ4v) is 3.14. The Labute approximate surface area is 126 Å². The Hall–Kier alpha value is -1.36. The molecule has 1 aliphatic carbocycles. The lowest BCUT2D eigenvalue weighted by atomic mass is 9.85. The van der Waals surface area contributed by atoms with E-state index < -0.39 is 0 Å². The Kier molecular flexibility index (Phi) is 4.81. The first-order valence-corrected chi connectivity index (χ1v) is 7.56. The lowest BCUT2D eigenvalue weighted by molar-refractivity contribution is 0.283. The molecule has 1 aromatic heterocycles. The van der Waals surface area contributed by atoms with Crippen LogP contribution in [-0.2, 0) is 0 Å². The van der Waals surface area contributed by atoms with E-state index in [2.05, 4.69) is 29.5 Å². The molecule has 0 saturated heterocycles. The number of hydrogen-bond donors (Lipinski definition) is 2. The quantitative estimate of drug-likeness (QED) is 0.834. The predicted octanol–water partition coefficient (Wildman–Crippen LogP) is 3.35. The summed E-state index contributed by atoms with van der Waals surface area (Å²) in [5.74, 6) is 1.17. The van der Waals surface area contributed by atoms with Gasteiger partial charge in [0.2, 0.25) is 5.88 Å². The number of anilines is 1. The summed E-state index contributed by atoms with van der Waals surface area (Å²) < 4.78 is 5.04. The molecule has 1 aromatic rings. The lowest BCUT2D eigenvalue weighted by Crippen LogP contribution is -2.51. The summed E-state index contributed by atoms with van der Waals surface area (Å²) in [6.07, 6.45) is 6.65. The molecule has 1 fully saturated rings. The van der Waals surface area contributed by atoms with Crippen molar-refractivity contribution in [1.82, 2.24) is 10.3 Å². The van der Waals surface area contributed by atoms with E-state index in [1.54, 1.807) is 13.3 Å². The van der Waals surface area contributed by atoms with Crippen LogP contribution in [-0.4, -0.2) is 22.7 Å². The Morgan fingerprint density at radius 3 is 2.55 bits per heavy atom. The fraction of sp³-hybridized carbons (Fsp3) is 0.600. The van der Waals surface area contributed by atoms with Gasteiger partial charge in [-0.05, 0) is 37.0 Å². The van der Waals surface area contributed by atoms with Crippen molar-refractivity contribution in [2.24, 2.45) is 5.92 Å². The van der Waals surface area contributed by atoms with E-state index in [4.69, 9.17) is 17.0 Å². The van der Waals surface area contributed by atoms with E-state index in [-0.39, 0.29) is 5.54 Å². The molecule has 1 aliphatic rings. The zero-order valence-electron chi connectivity index (χ0n) is 12.4. The molecule has 0 aromatic carbocycles. The van der Waals surface area contributed by atoms with Gasteiger partial charge in [0.15, 0.2) is 5.11 Å². The van der Waals surface area contributed by atoms with Crippen LogP contribution in [0.4, 0.5) is 5.69 Å². The van der Waals surface area contributed by atoms with E-state index in [0.717, 1.165) is 5.69 Å². The largest absolute Gasteiger partial charge is 0.481 e. The van der Waals surface area contributed by atoms with Crippen LogP contribution in [0.1, 0.15) is 39.5 Å². The molecule has 20 heavy (non-hydrogen) atoms. The van der Waals surface area contributed by atoms with Gasteiger partial charge < -0.3 is 15.4 Å². The SMILES string of the molecule is COc1ccc(NC(=S)NC2(C(C)C)CCCC2)cn1. The van der Waals surface area contributed by atoms with Crippen LogP contribution in [0.3, 0.4) is 0 Å². The van der Waals surface area contributed by atoms with Gasteiger partial charge in [-0.2, -0.15) is 0 Å². The zero-order valence-corrected chi connectivity index (χ0v) is 13.2. The Bertz CT molecular complexity index is 453. The molecule has 1 heterocycles. The first kappa shape index (κ1) is 15.0. The van der Waals surface area contributed by atoms with E-state index in [1.807, 2.05) is 12.1 Å².